The summed E-state index contributed by atoms with van der Waals surface area (Å²) in [6, 6.07) is -1.17. The Bertz CT molecular complexity index is 1300. The summed E-state index contributed by atoms with van der Waals surface area (Å²) in [6.45, 7) is 3.50. The van der Waals surface area contributed by atoms with E-state index in [0.29, 0.717) is 19.3 Å². The van der Waals surface area contributed by atoms with E-state index < -0.39 is 74.2 Å². The first-order chi connectivity index (χ1) is 37.7. The van der Waals surface area contributed by atoms with Gasteiger partial charge >= 0.3 is 0 Å². The maximum Gasteiger partial charge on any atom is 0.249 e. The quantitative estimate of drug-likeness (QED) is 0.0215. The molecule has 0 aliphatic carbocycles. The third kappa shape index (κ3) is 43.0. The molecule has 1 aliphatic rings. The number of carbonyl (C=O) groups is 1. The van der Waals surface area contributed by atoms with E-state index in [-0.39, 0.29) is 6.42 Å². The predicted octanol–water partition coefficient (Wildman–Crippen LogP) is 15.2. The van der Waals surface area contributed by atoms with Gasteiger partial charge in [-0.3, -0.25) is 4.79 Å². The van der Waals surface area contributed by atoms with Gasteiger partial charge in [0.05, 0.1) is 25.4 Å². The first-order valence-corrected chi connectivity index (χ1v) is 33.2. The highest BCUT2D eigenvalue weighted by molar-refractivity contribution is 5.80. The highest BCUT2D eigenvalue weighted by Gasteiger charge is 2.44. The summed E-state index contributed by atoms with van der Waals surface area (Å²) < 4.78 is 11.2. The fraction of sp³-hybridized carbons (Fsp3) is 0.924. The van der Waals surface area contributed by atoms with Crippen molar-refractivity contribution in [3.63, 3.8) is 0 Å². The van der Waals surface area contributed by atoms with E-state index >= 15 is 0 Å². The number of hydrogen-bond donors (Lipinski definition) is 8. The monoisotopic (exact) mass is 1090 g/mol. The molecule has 9 unspecified atom stereocenters. The normalized spacial score (nSPS) is 19.6. The Morgan fingerprint density at radius 3 is 1.16 bits per heavy atom. The van der Waals surface area contributed by atoms with Crippen molar-refractivity contribution in [1.82, 2.24) is 5.32 Å². The molecule has 11 nitrogen and oxygen atoms in total. The zero-order valence-electron chi connectivity index (χ0n) is 50.2. The molecule has 9 atom stereocenters. The molecule has 0 spiro atoms. The molecule has 1 rings (SSSR count). The van der Waals surface area contributed by atoms with Gasteiger partial charge in [-0.2, -0.15) is 0 Å². The molecule has 0 saturated carbocycles. The molecule has 0 aromatic heterocycles. The van der Waals surface area contributed by atoms with Crippen molar-refractivity contribution < 1.29 is 50.0 Å². The van der Waals surface area contributed by atoms with Crippen LogP contribution in [0, 0.1) is 0 Å². The summed E-state index contributed by atoms with van der Waals surface area (Å²) in [5.41, 5.74) is 0. The van der Waals surface area contributed by atoms with E-state index in [9.17, 15) is 40.5 Å². The van der Waals surface area contributed by atoms with Crippen LogP contribution in [0.5, 0.6) is 0 Å². The molecule has 1 fully saturated rings. The highest BCUT2D eigenvalue weighted by atomic mass is 16.7. The minimum absolute atomic E-state index is 0.255. The predicted molar refractivity (Wildman–Crippen MR) is 321 cm³/mol. The number of rotatable bonds is 58. The van der Waals surface area contributed by atoms with Gasteiger partial charge in [0.1, 0.15) is 36.6 Å². The average molecular weight is 1090 g/mol. The van der Waals surface area contributed by atoms with E-state index in [4.69, 9.17) is 9.47 Å². The van der Waals surface area contributed by atoms with Gasteiger partial charge in [0.15, 0.2) is 6.29 Å². The molecule has 1 heterocycles. The van der Waals surface area contributed by atoms with Gasteiger partial charge in [0.2, 0.25) is 5.91 Å². The van der Waals surface area contributed by atoms with Gasteiger partial charge in [0.25, 0.3) is 0 Å². The topological polar surface area (TPSA) is 189 Å². The van der Waals surface area contributed by atoms with Crippen molar-refractivity contribution in [2.45, 2.75) is 377 Å². The third-order valence-corrected chi connectivity index (χ3v) is 16.3. The van der Waals surface area contributed by atoms with E-state index in [1.165, 1.54) is 231 Å². The largest absolute Gasteiger partial charge is 0.394 e. The van der Waals surface area contributed by atoms with Crippen LogP contribution in [0.15, 0.2) is 24.3 Å². The van der Waals surface area contributed by atoms with Crippen LogP contribution in [0.2, 0.25) is 0 Å². The summed E-state index contributed by atoms with van der Waals surface area (Å²) in [5.74, 6) is -0.696. The summed E-state index contributed by atoms with van der Waals surface area (Å²) in [5, 5.41) is 76.4. The first-order valence-electron chi connectivity index (χ1n) is 33.2. The number of allylic oxidation sites excluding steroid dienone is 4. The van der Waals surface area contributed by atoms with Gasteiger partial charge in [-0.25, -0.2) is 0 Å². The van der Waals surface area contributed by atoms with Crippen molar-refractivity contribution in [2.75, 3.05) is 13.2 Å². The van der Waals surface area contributed by atoms with E-state index in [1.54, 1.807) is 0 Å². The molecule has 1 saturated heterocycles. The summed E-state index contributed by atoms with van der Waals surface area (Å²) in [7, 11) is 0. The van der Waals surface area contributed by atoms with Gasteiger partial charge < -0.3 is 50.5 Å². The van der Waals surface area contributed by atoms with Crippen molar-refractivity contribution in [3.05, 3.63) is 24.3 Å². The van der Waals surface area contributed by atoms with Crippen LogP contribution in [0.3, 0.4) is 0 Å². The molecule has 0 radical (unpaired) electrons. The second-order valence-corrected chi connectivity index (χ2v) is 23.5. The maximum atomic E-state index is 13.2. The van der Waals surface area contributed by atoms with Crippen LogP contribution in [0.1, 0.15) is 322 Å². The summed E-state index contributed by atoms with van der Waals surface area (Å²) >= 11 is 0. The first kappa shape index (κ1) is 73.6. The maximum absolute atomic E-state index is 13.2. The molecule has 0 bridgehead atoms. The van der Waals surface area contributed by atoms with Crippen LogP contribution >= 0.6 is 0 Å². The average Bonchev–Trinajstić information content (AvgIpc) is 3.43. The Kier molecular flexibility index (Phi) is 52.7. The van der Waals surface area contributed by atoms with Crippen LogP contribution in [0.25, 0.3) is 0 Å². The number of hydrogen-bond acceptors (Lipinski definition) is 10. The molecule has 77 heavy (non-hydrogen) atoms. The lowest BCUT2D eigenvalue weighted by Crippen LogP contribution is -2.60. The smallest absolute Gasteiger partial charge is 0.249 e. The number of amides is 1. The number of aliphatic hydroxyl groups is 7. The number of aliphatic hydroxyl groups excluding tert-OH is 7. The van der Waals surface area contributed by atoms with Crippen molar-refractivity contribution >= 4 is 5.91 Å². The Hall–Kier alpha value is -1.41. The third-order valence-electron chi connectivity index (χ3n) is 16.3. The molecule has 456 valence electrons. The Morgan fingerprint density at radius 1 is 0.455 bits per heavy atom. The number of ether oxygens (including phenoxy) is 2. The van der Waals surface area contributed by atoms with Crippen molar-refractivity contribution in [1.29, 1.82) is 0 Å². The Balaban J connectivity index is 2.24. The van der Waals surface area contributed by atoms with Crippen molar-refractivity contribution in [2.24, 2.45) is 0 Å². The highest BCUT2D eigenvalue weighted by Crippen LogP contribution is 2.24. The molecule has 0 aromatic carbocycles. The van der Waals surface area contributed by atoms with Gasteiger partial charge in [0, 0.05) is 0 Å². The molecule has 8 N–H and O–H groups in total. The second kappa shape index (κ2) is 55.1. The number of unbranched alkanes of at least 4 members (excludes halogenated alkanes) is 42. The Morgan fingerprint density at radius 2 is 0.792 bits per heavy atom. The van der Waals surface area contributed by atoms with Gasteiger partial charge in [-0.15, -0.1) is 0 Å². The molecule has 1 amide bonds. The fourth-order valence-electron chi connectivity index (χ4n) is 10.9. The number of nitrogens with one attached hydrogen (secondary N) is 1. The van der Waals surface area contributed by atoms with Gasteiger partial charge in [-0.1, -0.05) is 301 Å². The standard InChI is InChI=1S/C66H127NO10/c1-3-5-7-9-11-13-15-17-19-21-23-25-27-29-30-32-33-35-37-39-41-43-45-47-49-51-53-58(69)61(71)57(56-76-66-64(74)63(73)62(72)60(55-68)77-66)67-65(75)59(70)54-52-50-48-46-44-42-40-38-36-34-31-28-26-24-22-20-18-16-14-12-10-8-6-4-2/h24,26,31,34,57-64,66,68-74H,3-23,25,27-30,32-33,35-56H2,1-2H3,(H,67,75)/b26-24-,34-31-. The van der Waals surface area contributed by atoms with Crippen LogP contribution < -0.4 is 5.32 Å². The van der Waals surface area contributed by atoms with Crippen LogP contribution in [0.4, 0.5) is 0 Å². The molecular formula is C66H127NO10. The van der Waals surface area contributed by atoms with Crippen LogP contribution in [-0.2, 0) is 14.3 Å². The zero-order chi connectivity index (χ0) is 56.1. The lowest BCUT2D eigenvalue weighted by atomic mass is 9.98. The fourth-order valence-corrected chi connectivity index (χ4v) is 10.9. The summed E-state index contributed by atoms with van der Waals surface area (Å²) in [6.07, 6.45) is 56.7. The number of carbonyl (C=O) groups excluding carboxylic acids is 1. The Labute approximate surface area is 474 Å². The molecule has 11 heteroatoms. The molecule has 0 aromatic rings. The zero-order valence-corrected chi connectivity index (χ0v) is 50.2. The van der Waals surface area contributed by atoms with Crippen molar-refractivity contribution in [3.8, 4) is 0 Å². The molecule has 1 aliphatic heterocycles. The minimum atomic E-state index is -1.66. The second-order valence-electron chi connectivity index (χ2n) is 23.5. The summed E-state index contributed by atoms with van der Waals surface area (Å²) in [4.78, 5) is 13.2. The minimum Gasteiger partial charge on any atom is -0.394 e. The molecular weight excluding hydrogens is 967 g/mol. The lowest BCUT2D eigenvalue weighted by molar-refractivity contribution is -0.303. The van der Waals surface area contributed by atoms with E-state index in [1.807, 2.05) is 0 Å². The van der Waals surface area contributed by atoms with Gasteiger partial charge in [-0.05, 0) is 44.9 Å². The van der Waals surface area contributed by atoms with E-state index in [2.05, 4.69) is 43.5 Å². The van der Waals surface area contributed by atoms with Crippen LogP contribution in [-0.4, -0.2) is 110 Å². The van der Waals surface area contributed by atoms with E-state index in [0.717, 1.165) is 51.4 Å². The lowest BCUT2D eigenvalue weighted by Gasteiger charge is -2.40. The SMILES string of the molecule is CCCCCCCCCCC/C=C\C/C=C\CCCCCCCCCCC(O)C(=O)NC(COC1OC(CO)C(O)C(O)C1O)C(O)C(O)CCCCCCCCCCCCCCCCCCCCCCCCCCCC.